The lowest BCUT2D eigenvalue weighted by molar-refractivity contribution is -0.136. The van der Waals surface area contributed by atoms with E-state index in [2.05, 4.69) is 38.2 Å². The average molecular weight is 415 g/mol. The average Bonchev–Trinajstić information content (AvgIpc) is 3.19. The molecule has 1 saturated heterocycles. The molecule has 0 bridgehead atoms. The van der Waals surface area contributed by atoms with Crippen molar-refractivity contribution >= 4 is 29.1 Å². The van der Waals surface area contributed by atoms with E-state index in [0.29, 0.717) is 24.4 Å². The third-order valence-corrected chi connectivity index (χ3v) is 6.48. The largest absolute Gasteiger partial charge is 0.488 e. The summed E-state index contributed by atoms with van der Waals surface area (Å²) in [5.41, 5.74) is 2.27. The number of hydrogen-bond acceptors (Lipinski definition) is 5. The predicted molar refractivity (Wildman–Crippen MR) is 112 cm³/mol. The zero-order valence-corrected chi connectivity index (χ0v) is 17.6. The molecule has 1 fully saturated rings. The fourth-order valence-corrected chi connectivity index (χ4v) is 4.72. The second-order valence-corrected chi connectivity index (χ2v) is 9.67. The molecular formula is C22H26N2O4S. The molecule has 2 aliphatic rings. The van der Waals surface area contributed by atoms with Crippen molar-refractivity contribution in [1.29, 1.82) is 0 Å². The van der Waals surface area contributed by atoms with Crippen LogP contribution in [0.1, 0.15) is 60.7 Å². The minimum atomic E-state index is -0.569. The molecule has 1 aromatic carbocycles. The van der Waals surface area contributed by atoms with Gasteiger partial charge in [0, 0.05) is 19.3 Å². The molecule has 7 heteroatoms. The van der Waals surface area contributed by atoms with Gasteiger partial charge in [-0.05, 0) is 41.2 Å². The Bertz CT molecular complexity index is 978. The maximum atomic E-state index is 12.8. The van der Waals surface area contributed by atoms with Crippen LogP contribution in [0.3, 0.4) is 0 Å². The number of rotatable bonds is 4. The third kappa shape index (κ3) is 3.92. The topological polar surface area (TPSA) is 75.7 Å². The SMILES string of the molecule is CC(C)(C)c1ccc(OCc2cc3c(s2)C(=O)N([C@H]2CCC(=O)NC2=O)C3)cc1.[HH]. The fourth-order valence-electron chi connectivity index (χ4n) is 3.68. The fraction of sp³-hybridized carbons (Fsp3) is 0.409. The summed E-state index contributed by atoms with van der Waals surface area (Å²) in [7, 11) is 0. The number of nitrogens with one attached hydrogen (secondary N) is 1. The van der Waals surface area contributed by atoms with Gasteiger partial charge >= 0.3 is 0 Å². The molecule has 1 aromatic heterocycles. The highest BCUT2D eigenvalue weighted by Gasteiger charge is 2.40. The van der Waals surface area contributed by atoms with Gasteiger partial charge in [-0.15, -0.1) is 11.3 Å². The number of nitrogens with zero attached hydrogens (tertiary/aromatic N) is 1. The van der Waals surface area contributed by atoms with Crippen LogP contribution >= 0.6 is 11.3 Å². The number of piperidine rings is 1. The van der Waals surface area contributed by atoms with Crippen molar-refractivity contribution in [2.75, 3.05) is 0 Å². The van der Waals surface area contributed by atoms with Gasteiger partial charge in [-0.25, -0.2) is 0 Å². The van der Waals surface area contributed by atoms with E-state index in [1.165, 1.54) is 16.9 Å². The number of hydrogen-bond donors (Lipinski definition) is 1. The Kier molecular flexibility index (Phi) is 4.94. The smallest absolute Gasteiger partial charge is 0.265 e. The lowest BCUT2D eigenvalue weighted by atomic mass is 9.87. The summed E-state index contributed by atoms with van der Waals surface area (Å²) < 4.78 is 5.89. The molecule has 4 rings (SSSR count). The first-order chi connectivity index (χ1) is 13.7. The number of benzene rings is 1. The number of fused-ring (bicyclic) bond motifs is 1. The van der Waals surface area contributed by atoms with Gasteiger partial charge in [0.05, 0.1) is 4.88 Å². The Morgan fingerprint density at radius 2 is 1.93 bits per heavy atom. The molecule has 0 spiro atoms. The Hall–Kier alpha value is -2.67. The van der Waals surface area contributed by atoms with E-state index in [1.54, 1.807) is 4.90 Å². The number of ether oxygens (including phenoxy) is 1. The van der Waals surface area contributed by atoms with Gasteiger partial charge in [0.25, 0.3) is 5.91 Å². The van der Waals surface area contributed by atoms with E-state index >= 15 is 0 Å². The van der Waals surface area contributed by atoms with E-state index in [1.807, 2.05) is 18.2 Å². The molecule has 6 nitrogen and oxygen atoms in total. The van der Waals surface area contributed by atoms with Gasteiger partial charge in [-0.2, -0.15) is 0 Å². The standard InChI is InChI=1S/C22H24N2O4S.H2/c1-22(2,3)14-4-6-15(7-5-14)28-12-16-10-13-11-24(21(27)19(13)29-16)17-8-9-18(25)23-20(17)26;/h4-7,10,17H,8-9,11-12H2,1-3H3,(H,23,25,26);1H/t17-;/m0./s1. The molecular weight excluding hydrogens is 388 g/mol. The van der Waals surface area contributed by atoms with E-state index in [9.17, 15) is 14.4 Å². The van der Waals surface area contributed by atoms with Crippen LogP contribution in [0.2, 0.25) is 0 Å². The first kappa shape index (κ1) is 19.6. The molecule has 3 amide bonds. The Morgan fingerprint density at radius 1 is 1.21 bits per heavy atom. The van der Waals surface area contributed by atoms with Gasteiger partial charge < -0.3 is 9.64 Å². The zero-order valence-electron chi connectivity index (χ0n) is 16.8. The van der Waals surface area contributed by atoms with Crippen LogP contribution in [0.5, 0.6) is 5.75 Å². The van der Waals surface area contributed by atoms with E-state index < -0.39 is 6.04 Å². The maximum Gasteiger partial charge on any atom is 0.265 e. The molecule has 0 radical (unpaired) electrons. The Balaban J connectivity index is 0.00000256. The molecule has 1 N–H and O–H groups in total. The molecule has 3 heterocycles. The minimum Gasteiger partial charge on any atom is -0.488 e. The number of thiophene rings is 1. The summed E-state index contributed by atoms with van der Waals surface area (Å²) in [6.07, 6.45) is 0.646. The van der Waals surface area contributed by atoms with Crippen molar-refractivity contribution < 1.29 is 20.5 Å². The highest BCUT2D eigenvalue weighted by atomic mass is 32.1. The summed E-state index contributed by atoms with van der Waals surface area (Å²) in [5, 5.41) is 2.32. The lowest BCUT2D eigenvalue weighted by Crippen LogP contribution is -2.52. The van der Waals surface area contributed by atoms with E-state index in [4.69, 9.17) is 4.74 Å². The quantitative estimate of drug-likeness (QED) is 0.775. The molecule has 29 heavy (non-hydrogen) atoms. The second kappa shape index (κ2) is 7.30. The van der Waals surface area contributed by atoms with Crippen LogP contribution in [0, 0.1) is 0 Å². The number of carbonyl (C=O) groups excluding carboxylic acids is 3. The normalized spacial score (nSPS) is 19.3. The summed E-state index contributed by atoms with van der Waals surface area (Å²) in [5.74, 6) is -0.00187. The van der Waals surface area contributed by atoms with Crippen LogP contribution < -0.4 is 10.1 Å². The first-order valence-electron chi connectivity index (χ1n) is 9.72. The number of carbonyl (C=O) groups is 3. The molecule has 0 aliphatic carbocycles. The van der Waals surface area contributed by atoms with Crippen molar-refractivity contribution in [3.63, 3.8) is 0 Å². The van der Waals surface area contributed by atoms with Gasteiger partial charge in [0.2, 0.25) is 11.8 Å². The molecule has 0 saturated carbocycles. The van der Waals surface area contributed by atoms with Crippen LogP contribution in [0.4, 0.5) is 0 Å². The van der Waals surface area contributed by atoms with Crippen LogP contribution in [-0.4, -0.2) is 28.7 Å². The molecule has 2 aliphatic heterocycles. The monoisotopic (exact) mass is 414 g/mol. The summed E-state index contributed by atoms with van der Waals surface area (Å²) in [6.45, 7) is 7.32. The van der Waals surface area contributed by atoms with Crippen LogP contribution in [0.15, 0.2) is 30.3 Å². The van der Waals surface area contributed by atoms with Gasteiger partial charge in [0.1, 0.15) is 18.4 Å². The van der Waals surface area contributed by atoms with Crippen molar-refractivity contribution in [2.24, 2.45) is 0 Å². The van der Waals surface area contributed by atoms with Crippen LogP contribution in [0.25, 0.3) is 0 Å². The molecule has 154 valence electrons. The Morgan fingerprint density at radius 3 is 2.55 bits per heavy atom. The maximum absolute atomic E-state index is 12.8. The van der Waals surface area contributed by atoms with Gasteiger partial charge in [0.15, 0.2) is 0 Å². The van der Waals surface area contributed by atoms with Crippen LogP contribution in [-0.2, 0) is 28.2 Å². The number of imide groups is 1. The molecule has 2 aromatic rings. The van der Waals surface area contributed by atoms with Crippen molar-refractivity contribution in [3.8, 4) is 5.75 Å². The Labute approximate surface area is 175 Å². The molecule has 0 unspecified atom stereocenters. The van der Waals surface area contributed by atoms with Crippen molar-refractivity contribution in [1.82, 2.24) is 10.2 Å². The summed E-state index contributed by atoms with van der Waals surface area (Å²) in [6, 6.07) is 9.50. The lowest BCUT2D eigenvalue weighted by Gasteiger charge is -2.29. The second-order valence-electron chi connectivity index (χ2n) is 8.53. The van der Waals surface area contributed by atoms with Crippen molar-refractivity contribution in [2.45, 2.75) is 58.2 Å². The predicted octanol–water partition coefficient (Wildman–Crippen LogP) is 3.63. The first-order valence-corrected chi connectivity index (χ1v) is 10.5. The van der Waals surface area contributed by atoms with E-state index in [-0.39, 0.29) is 31.0 Å². The van der Waals surface area contributed by atoms with Crippen molar-refractivity contribution in [3.05, 3.63) is 51.2 Å². The minimum absolute atomic E-state index is 0. The highest BCUT2D eigenvalue weighted by Crippen LogP contribution is 2.34. The zero-order chi connectivity index (χ0) is 20.8. The van der Waals surface area contributed by atoms with Gasteiger partial charge in [-0.1, -0.05) is 32.9 Å². The molecule has 1 atom stereocenters. The number of amides is 3. The highest BCUT2D eigenvalue weighted by molar-refractivity contribution is 7.14. The van der Waals surface area contributed by atoms with E-state index in [0.717, 1.165) is 16.2 Å². The summed E-state index contributed by atoms with van der Waals surface area (Å²) in [4.78, 5) is 39.4. The van der Waals surface area contributed by atoms with Gasteiger partial charge in [-0.3, -0.25) is 19.7 Å². The third-order valence-electron chi connectivity index (χ3n) is 5.34. The summed E-state index contributed by atoms with van der Waals surface area (Å²) >= 11 is 1.41.